The minimum atomic E-state index is -1.26. The minimum Gasteiger partial charge on any atom is -0.468 e. The lowest BCUT2D eigenvalue weighted by atomic mass is 9.96. The Morgan fingerprint density at radius 1 is 0.789 bits per heavy atom. The van der Waals surface area contributed by atoms with Crippen LogP contribution in [0.3, 0.4) is 0 Å². The van der Waals surface area contributed by atoms with Crippen LogP contribution in [-0.2, 0) is 61.9 Å². The summed E-state index contributed by atoms with van der Waals surface area (Å²) < 4.78 is 38.3. The molecular formula is C40H49N3O14. The number of allylic oxidation sites excluding steroid dienone is 1. The van der Waals surface area contributed by atoms with E-state index in [-0.39, 0.29) is 45.4 Å². The highest BCUT2D eigenvalue weighted by atomic mass is 16.7. The van der Waals surface area contributed by atoms with Crippen LogP contribution in [0, 0.1) is 0 Å². The number of methoxy groups -OCH3 is 1. The minimum absolute atomic E-state index is 0.0504. The third kappa shape index (κ3) is 12.9. The molecule has 5 atom stereocenters. The van der Waals surface area contributed by atoms with Crippen molar-refractivity contribution in [2.24, 2.45) is 0 Å². The number of hydrogen-bond acceptors (Lipinski definition) is 14. The van der Waals surface area contributed by atoms with Crippen molar-refractivity contribution in [3.05, 3.63) is 71.8 Å². The number of carbonyl (C=O) groups excluding carboxylic acids is 7. The van der Waals surface area contributed by atoms with Crippen LogP contribution < -0.4 is 10.6 Å². The number of rotatable bonds is 18. The summed E-state index contributed by atoms with van der Waals surface area (Å²) in [5.74, 6) is -4.00. The zero-order valence-electron chi connectivity index (χ0n) is 32.6. The molecule has 57 heavy (non-hydrogen) atoms. The number of amides is 3. The molecule has 4 rings (SSSR count). The molecule has 0 spiro atoms. The Labute approximate surface area is 330 Å². The molecule has 2 aromatic carbocycles. The second-order valence-electron chi connectivity index (χ2n) is 13.2. The fraction of sp³-hybridized carbons (Fsp3) is 0.475. The molecule has 0 radical (unpaired) electrons. The average molecular weight is 796 g/mol. The van der Waals surface area contributed by atoms with Gasteiger partial charge in [-0.2, -0.15) is 0 Å². The number of fused-ring (bicyclic) bond motifs is 3. The van der Waals surface area contributed by atoms with Crippen molar-refractivity contribution < 1.29 is 66.7 Å². The van der Waals surface area contributed by atoms with Gasteiger partial charge < -0.3 is 43.8 Å². The standard InChI is InChI=1S/C40H49N3O14/c1-24(44)42-36-38(56-27(4)47)37(55-26(3)46)33(23-53-25(2)45)57-39(36)52-19-13-7-6-12-18-43(21-34(48)41-20-35(49)51-5)40(50)54-22-32-30-16-10-8-14-28(30)29-15-9-11-17-31(29)32/h7-11,13-17,32-33,36-39H,6,12,18-23H2,1-5H3,(H,41,48)(H,42,44)/b13-7-/t33-,36-,37-,38-,39+/m1/s1. The number of esters is 4. The molecule has 0 aromatic heterocycles. The van der Waals surface area contributed by atoms with E-state index >= 15 is 0 Å². The SMILES string of the molecule is COC(=O)CNC(=O)CN(CCC/C=C\CO[C@H]1O[C@H](COC(C)=O)[C@@H](OC(C)=O)[C@H](OC(C)=O)[C@H]1NC(C)=O)C(=O)OCC1c2ccccc2-c2ccccc21. The van der Waals surface area contributed by atoms with E-state index in [1.54, 1.807) is 12.2 Å². The molecule has 17 heteroatoms. The predicted octanol–water partition coefficient (Wildman–Crippen LogP) is 2.54. The summed E-state index contributed by atoms with van der Waals surface area (Å²) in [5, 5.41) is 5.08. The number of nitrogens with zero attached hydrogens (tertiary/aromatic N) is 1. The summed E-state index contributed by atoms with van der Waals surface area (Å²) in [6, 6.07) is 14.7. The van der Waals surface area contributed by atoms with Crippen LogP contribution in [0.1, 0.15) is 57.6 Å². The average Bonchev–Trinajstić information content (AvgIpc) is 3.49. The first-order valence-electron chi connectivity index (χ1n) is 18.4. The lowest BCUT2D eigenvalue weighted by molar-refractivity contribution is -0.275. The fourth-order valence-corrected chi connectivity index (χ4v) is 6.56. The molecule has 2 N–H and O–H groups in total. The number of nitrogens with one attached hydrogen (secondary N) is 2. The quantitative estimate of drug-likeness (QED) is 0.0962. The van der Waals surface area contributed by atoms with Crippen molar-refractivity contribution >= 4 is 41.8 Å². The fourth-order valence-electron chi connectivity index (χ4n) is 6.56. The van der Waals surface area contributed by atoms with Crippen LogP contribution in [0.4, 0.5) is 4.79 Å². The van der Waals surface area contributed by atoms with Crippen LogP contribution in [-0.4, -0.2) is 124 Å². The summed E-state index contributed by atoms with van der Waals surface area (Å²) in [4.78, 5) is 86.9. The molecule has 17 nitrogen and oxygen atoms in total. The molecule has 0 unspecified atom stereocenters. The van der Waals surface area contributed by atoms with E-state index in [0.29, 0.717) is 12.8 Å². The Bertz CT molecular complexity index is 1750. The van der Waals surface area contributed by atoms with Crippen LogP contribution >= 0.6 is 0 Å². The number of benzene rings is 2. The van der Waals surface area contributed by atoms with E-state index in [4.69, 9.17) is 28.4 Å². The van der Waals surface area contributed by atoms with Crippen LogP contribution in [0.15, 0.2) is 60.7 Å². The Kier molecular flexibility index (Phi) is 16.5. The number of unbranched alkanes of at least 4 members (excludes halogenated alkanes) is 1. The molecule has 2 aromatic rings. The largest absolute Gasteiger partial charge is 0.468 e. The van der Waals surface area contributed by atoms with Gasteiger partial charge in [-0.05, 0) is 35.1 Å². The van der Waals surface area contributed by atoms with E-state index in [9.17, 15) is 33.6 Å². The van der Waals surface area contributed by atoms with Gasteiger partial charge in [0.25, 0.3) is 0 Å². The summed E-state index contributed by atoms with van der Waals surface area (Å²) >= 11 is 0. The first-order valence-corrected chi connectivity index (χ1v) is 18.4. The predicted molar refractivity (Wildman–Crippen MR) is 200 cm³/mol. The Morgan fingerprint density at radius 3 is 2.02 bits per heavy atom. The number of hydrogen-bond donors (Lipinski definition) is 2. The summed E-state index contributed by atoms with van der Waals surface area (Å²) in [7, 11) is 1.20. The Hall–Kier alpha value is -5.81. The molecular weight excluding hydrogens is 746 g/mol. The monoisotopic (exact) mass is 795 g/mol. The molecule has 3 amide bonds. The van der Waals surface area contributed by atoms with Crippen molar-refractivity contribution in [1.29, 1.82) is 0 Å². The van der Waals surface area contributed by atoms with Gasteiger partial charge in [-0.25, -0.2) is 4.79 Å². The summed E-state index contributed by atoms with van der Waals surface area (Å²) in [6.45, 7) is 3.74. The van der Waals surface area contributed by atoms with Crippen molar-refractivity contribution in [3.8, 4) is 11.1 Å². The highest BCUT2D eigenvalue weighted by Crippen LogP contribution is 2.44. The molecule has 0 bridgehead atoms. The maximum absolute atomic E-state index is 13.5. The molecule has 1 aliphatic heterocycles. The Morgan fingerprint density at radius 2 is 1.42 bits per heavy atom. The number of ether oxygens (including phenoxy) is 7. The molecule has 1 heterocycles. The van der Waals surface area contributed by atoms with Gasteiger partial charge in [-0.15, -0.1) is 0 Å². The molecule has 0 saturated carbocycles. The highest BCUT2D eigenvalue weighted by molar-refractivity contribution is 5.85. The maximum atomic E-state index is 13.5. The number of carbonyl (C=O) groups is 7. The van der Waals surface area contributed by atoms with Crippen molar-refractivity contribution in [2.75, 3.05) is 46.6 Å². The van der Waals surface area contributed by atoms with Crippen molar-refractivity contribution in [2.45, 2.75) is 77.1 Å². The first-order chi connectivity index (χ1) is 27.3. The zero-order valence-corrected chi connectivity index (χ0v) is 32.6. The smallest absolute Gasteiger partial charge is 0.410 e. The Balaban J connectivity index is 1.39. The first kappa shape index (κ1) is 43.9. The zero-order chi connectivity index (χ0) is 41.5. The third-order valence-electron chi connectivity index (χ3n) is 8.98. The van der Waals surface area contributed by atoms with Crippen molar-refractivity contribution in [3.63, 3.8) is 0 Å². The van der Waals surface area contributed by atoms with Gasteiger partial charge in [-0.3, -0.25) is 33.7 Å². The highest BCUT2D eigenvalue weighted by Gasteiger charge is 2.51. The molecule has 1 saturated heterocycles. The molecule has 2 aliphatic rings. The third-order valence-corrected chi connectivity index (χ3v) is 8.98. The second kappa shape index (κ2) is 21.5. The van der Waals surface area contributed by atoms with Gasteiger partial charge in [0.05, 0.1) is 13.7 Å². The van der Waals surface area contributed by atoms with E-state index < -0.39 is 72.4 Å². The van der Waals surface area contributed by atoms with Crippen LogP contribution in [0.5, 0.6) is 0 Å². The van der Waals surface area contributed by atoms with Gasteiger partial charge in [-0.1, -0.05) is 60.7 Å². The van der Waals surface area contributed by atoms with E-state index in [1.165, 1.54) is 25.9 Å². The molecule has 1 fully saturated rings. The van der Waals surface area contributed by atoms with E-state index in [2.05, 4.69) is 15.4 Å². The van der Waals surface area contributed by atoms with Gasteiger partial charge in [0.15, 0.2) is 18.5 Å². The summed E-state index contributed by atoms with van der Waals surface area (Å²) in [5.41, 5.74) is 4.22. The molecule has 308 valence electrons. The van der Waals surface area contributed by atoms with Gasteiger partial charge >= 0.3 is 30.0 Å². The summed E-state index contributed by atoms with van der Waals surface area (Å²) in [6.07, 6.45) is -1.29. The van der Waals surface area contributed by atoms with E-state index in [0.717, 1.165) is 36.1 Å². The van der Waals surface area contributed by atoms with Crippen LogP contribution in [0.2, 0.25) is 0 Å². The topological polar surface area (TPSA) is 211 Å². The van der Waals surface area contributed by atoms with Crippen molar-refractivity contribution in [1.82, 2.24) is 15.5 Å². The normalized spacial score (nSPS) is 19.7. The lowest BCUT2D eigenvalue weighted by Crippen LogP contribution is -2.66. The molecule has 1 aliphatic carbocycles. The maximum Gasteiger partial charge on any atom is 0.410 e. The second-order valence-corrected chi connectivity index (χ2v) is 13.2. The lowest BCUT2D eigenvalue weighted by Gasteiger charge is -2.44. The van der Waals surface area contributed by atoms with Gasteiger partial charge in [0, 0.05) is 40.2 Å². The van der Waals surface area contributed by atoms with Gasteiger partial charge in [0.2, 0.25) is 11.8 Å². The van der Waals surface area contributed by atoms with Gasteiger partial charge in [0.1, 0.15) is 38.4 Å². The van der Waals surface area contributed by atoms with Crippen LogP contribution in [0.25, 0.3) is 11.1 Å². The van der Waals surface area contributed by atoms with E-state index in [1.807, 2.05) is 48.5 Å².